The Labute approximate surface area is 632 Å². The van der Waals surface area contributed by atoms with Gasteiger partial charge in [-0.05, 0) is 119 Å². The normalized spacial score (nSPS) is 11.8. The lowest BCUT2D eigenvalue weighted by molar-refractivity contribution is 1.17. The molecule has 0 unspecified atom stereocenters. The molecule has 0 atom stereocenters. The topological polar surface area (TPSA) is 71.3 Å². The maximum absolute atomic E-state index is 5.22. The van der Waals surface area contributed by atoms with Crippen LogP contribution in [-0.4, -0.2) is 38.2 Å². The molecule has 0 bridgehead atoms. The second-order valence-corrected chi connectivity index (χ2v) is 28.4. The van der Waals surface area contributed by atoms with E-state index in [0.717, 1.165) is 100 Å². The maximum atomic E-state index is 5.22. The van der Waals surface area contributed by atoms with Crippen molar-refractivity contribution in [3.8, 4) is 79.2 Å². The zero-order valence-corrected chi connectivity index (χ0v) is 59.5. The van der Waals surface area contributed by atoms with E-state index < -0.39 is 0 Å². The average Bonchev–Trinajstić information content (AvgIpc) is 1.54. The smallest absolute Gasteiger partial charge is 0.160 e. The summed E-state index contributed by atoms with van der Waals surface area (Å²) in [7, 11) is 0. The van der Waals surface area contributed by atoms with Crippen molar-refractivity contribution >= 4 is 131 Å². The van der Waals surface area contributed by atoms with Crippen LogP contribution in [-0.2, 0) is 0 Å². The van der Waals surface area contributed by atoms with Gasteiger partial charge in [-0.2, -0.15) is 0 Å². The molecule has 0 saturated carbocycles. The summed E-state index contributed by atoms with van der Waals surface area (Å²) in [6.07, 6.45) is 0. The van der Waals surface area contributed by atoms with Crippen molar-refractivity contribution in [2.45, 2.75) is 0 Å². The van der Waals surface area contributed by atoms with Crippen LogP contribution in [0.2, 0.25) is 0 Å². The monoisotopic (exact) mass is 1400 g/mol. The fourth-order valence-corrected chi connectivity index (χ4v) is 17.4. The first-order valence-electron chi connectivity index (χ1n) is 37.4. The summed E-state index contributed by atoms with van der Waals surface area (Å²) >= 11 is 0. The molecule has 17 aromatic carbocycles. The quantitative estimate of drug-likeness (QED) is 0.144. The predicted octanol–water partition coefficient (Wildman–Crippen LogP) is 26.3. The highest BCUT2D eigenvalue weighted by Gasteiger charge is 2.26. The lowest BCUT2D eigenvalue weighted by atomic mass is 10.0. The third kappa shape index (κ3) is 10.0. The van der Waals surface area contributed by atoms with E-state index in [9.17, 15) is 0 Å². The fourth-order valence-electron chi connectivity index (χ4n) is 17.4. The number of aromatic nitrogens is 8. The summed E-state index contributed by atoms with van der Waals surface area (Å²) in [5, 5.41) is 16.9. The summed E-state index contributed by atoms with van der Waals surface area (Å²) in [6.45, 7) is 0. The van der Waals surface area contributed by atoms with E-state index in [-0.39, 0.29) is 0 Å². The molecule has 0 amide bonds. The number of nitrogens with zero attached hydrogens (tertiary/aromatic N) is 8. The Morgan fingerprint density at radius 3 is 0.955 bits per heavy atom. The number of benzene rings is 17. The predicted molar refractivity (Wildman–Crippen MR) is 459 cm³/mol. The molecule has 0 aliphatic rings. The Kier molecular flexibility index (Phi) is 14.5. The first-order chi connectivity index (χ1) is 54.6. The Hall–Kier alpha value is -14.9. The van der Waals surface area contributed by atoms with Crippen LogP contribution in [0.15, 0.2) is 388 Å². The molecule has 0 N–H and O–H groups in total. The lowest BCUT2D eigenvalue weighted by Gasteiger charge is -2.13. The van der Waals surface area contributed by atoms with Crippen LogP contribution < -0.4 is 0 Å². The minimum atomic E-state index is 0.704. The van der Waals surface area contributed by atoms with Gasteiger partial charge < -0.3 is 18.3 Å². The summed E-state index contributed by atoms with van der Waals surface area (Å²) < 4.78 is 9.74. The van der Waals surface area contributed by atoms with Gasteiger partial charge in [-0.3, -0.25) is 0 Å². The van der Waals surface area contributed by atoms with Crippen LogP contribution in [0.3, 0.4) is 0 Å². The van der Waals surface area contributed by atoms with E-state index in [4.69, 9.17) is 19.9 Å². The van der Waals surface area contributed by atoms with Crippen LogP contribution in [0.5, 0.6) is 0 Å². The highest BCUT2D eigenvalue weighted by Crippen LogP contribution is 2.48. The Morgan fingerprint density at radius 1 is 0.173 bits per heavy atom. The van der Waals surface area contributed by atoms with Gasteiger partial charge in [0.1, 0.15) is 0 Å². The Balaban J connectivity index is 0.000000136. The van der Waals surface area contributed by atoms with Gasteiger partial charge >= 0.3 is 0 Å². The summed E-state index contributed by atoms with van der Waals surface area (Å²) in [6, 6.07) is 139. The van der Waals surface area contributed by atoms with Crippen molar-refractivity contribution in [1.29, 1.82) is 0 Å². The number of fused-ring (bicyclic) bond motifs is 20. The summed E-state index contributed by atoms with van der Waals surface area (Å²) in [5.41, 5.74) is 24.1. The number of hydrogen-bond acceptors (Lipinski definition) is 4. The van der Waals surface area contributed by atoms with Crippen molar-refractivity contribution in [2.24, 2.45) is 0 Å². The minimum Gasteiger partial charge on any atom is -0.309 e. The summed E-state index contributed by atoms with van der Waals surface area (Å²) in [5.74, 6) is 1.41. The van der Waals surface area contributed by atoms with E-state index in [2.05, 4.69) is 382 Å². The third-order valence-electron chi connectivity index (χ3n) is 22.2. The molecule has 0 spiro atoms. The standard InChI is InChI=1S/C54H34N4.C48H30N4/c1-3-15-35(16-4-1)38-20-13-23-41(33-38)58-49-32-31-48-50(51(49)45-30-29-36-17-7-8-24-42(36)53(45)58)44-26-10-12-28-47(44)57(48)40-22-14-21-39(34-40)54-55-46-27-11-9-25-43(46)52(56-54)37-18-5-2-6-19-37;1-3-15-32(16-4-1)46-37-22-9-11-24-40(37)49-48(50-46)33-17-13-20-35(30-33)51-41-25-12-10-23-38(41)44-42(51)28-29-43-45(44)39-27-26-31-14-7-8-21-36(31)47(39)52(43)34-18-5-2-6-19-34/h1-34H;1-30H. The molecular formula is C102H64N8. The first-order valence-corrected chi connectivity index (χ1v) is 37.4. The van der Waals surface area contributed by atoms with Crippen molar-refractivity contribution in [3.05, 3.63) is 388 Å². The van der Waals surface area contributed by atoms with E-state index in [1.54, 1.807) is 0 Å². The maximum Gasteiger partial charge on any atom is 0.160 e. The van der Waals surface area contributed by atoms with Gasteiger partial charge in [0, 0.05) is 110 Å². The first kappa shape index (κ1) is 62.5. The second kappa shape index (κ2) is 25.4. The number of para-hydroxylation sites is 5. The van der Waals surface area contributed by atoms with E-state index in [0.29, 0.717) is 11.6 Å². The molecule has 512 valence electrons. The van der Waals surface area contributed by atoms with Gasteiger partial charge in [-0.15, -0.1) is 0 Å². The average molecular weight is 1400 g/mol. The highest BCUT2D eigenvalue weighted by atomic mass is 15.0. The SMILES string of the molecule is c1ccc(-c2cccc(-n3c4ccc5c(c6ccccc6n5-c5cccc(-c6nc(-c7ccccc7)c7ccccc7n6)c5)c4c4ccc5ccccc5c43)c2)cc1.c1ccc(-c2nc(-c3cccc(-n4c5ccccc5c5c6c7ccc8ccccc8c7n(-c7ccccc7)c6ccc54)c3)nc3ccccc23)cc1. The molecule has 8 nitrogen and oxygen atoms in total. The molecule has 6 aromatic heterocycles. The van der Waals surface area contributed by atoms with Crippen molar-refractivity contribution in [3.63, 3.8) is 0 Å². The molecule has 0 aliphatic heterocycles. The number of hydrogen-bond donors (Lipinski definition) is 0. The molecule has 6 heterocycles. The zero-order chi connectivity index (χ0) is 72.3. The molecule has 23 rings (SSSR count). The van der Waals surface area contributed by atoms with Gasteiger partial charge in [0.25, 0.3) is 0 Å². The molecule has 23 aromatic rings. The highest BCUT2D eigenvalue weighted by molar-refractivity contribution is 6.33. The van der Waals surface area contributed by atoms with Gasteiger partial charge in [-0.1, -0.05) is 291 Å². The van der Waals surface area contributed by atoms with Crippen LogP contribution in [0.1, 0.15) is 0 Å². The Bertz CT molecular complexity index is 7640. The molecule has 0 aliphatic carbocycles. The van der Waals surface area contributed by atoms with Gasteiger partial charge in [0.05, 0.1) is 66.6 Å². The third-order valence-corrected chi connectivity index (χ3v) is 22.2. The van der Waals surface area contributed by atoms with Gasteiger partial charge in [0.2, 0.25) is 0 Å². The molecule has 110 heavy (non-hydrogen) atoms. The molecule has 0 radical (unpaired) electrons. The van der Waals surface area contributed by atoms with Crippen LogP contribution in [0.4, 0.5) is 0 Å². The molecular weight excluding hydrogens is 1340 g/mol. The van der Waals surface area contributed by atoms with Crippen LogP contribution in [0.25, 0.3) is 210 Å². The van der Waals surface area contributed by atoms with Crippen molar-refractivity contribution in [2.75, 3.05) is 0 Å². The second-order valence-electron chi connectivity index (χ2n) is 28.4. The van der Waals surface area contributed by atoms with Crippen molar-refractivity contribution < 1.29 is 0 Å². The summed E-state index contributed by atoms with van der Waals surface area (Å²) in [4.78, 5) is 20.6. The van der Waals surface area contributed by atoms with E-state index in [1.807, 2.05) is 24.3 Å². The molecule has 0 fully saturated rings. The zero-order valence-electron chi connectivity index (χ0n) is 59.5. The Morgan fingerprint density at radius 2 is 0.491 bits per heavy atom. The van der Waals surface area contributed by atoms with E-state index in [1.165, 1.54) is 97.8 Å². The van der Waals surface area contributed by atoms with Gasteiger partial charge in [0.15, 0.2) is 11.6 Å². The van der Waals surface area contributed by atoms with Crippen LogP contribution >= 0.6 is 0 Å². The largest absolute Gasteiger partial charge is 0.309 e. The molecule has 0 saturated heterocycles. The van der Waals surface area contributed by atoms with Crippen molar-refractivity contribution in [1.82, 2.24) is 38.2 Å². The van der Waals surface area contributed by atoms with Gasteiger partial charge in [-0.25, -0.2) is 19.9 Å². The molecule has 8 heteroatoms. The van der Waals surface area contributed by atoms with E-state index >= 15 is 0 Å². The van der Waals surface area contributed by atoms with Crippen LogP contribution in [0, 0.1) is 0 Å². The lowest BCUT2D eigenvalue weighted by Crippen LogP contribution is -1.98. The minimum absolute atomic E-state index is 0.704. The number of rotatable bonds is 9. The fraction of sp³-hybridized carbons (Fsp3) is 0.